The lowest BCUT2D eigenvalue weighted by Crippen LogP contribution is -2.35. The summed E-state index contributed by atoms with van der Waals surface area (Å²) in [4.78, 5) is 11.5. The molecule has 1 rings (SSSR count). The van der Waals surface area contributed by atoms with Gasteiger partial charge in [0.25, 0.3) is 0 Å². The summed E-state index contributed by atoms with van der Waals surface area (Å²) >= 11 is 0. The zero-order valence-corrected chi connectivity index (χ0v) is 12.2. The van der Waals surface area contributed by atoms with E-state index in [1.807, 2.05) is 6.92 Å². The number of nitrogens with one attached hydrogen (secondary N) is 1. The first-order chi connectivity index (χ1) is 9.46. The standard InChI is InChI=1S/C14H17NO4S/c1-4-8-11(5-2)15-20(17,18)13-10-7-6-9-12(13)14(16)19-3/h1,6-7,9-11,15H,5,8H2,2-3H3. The number of carbonyl (C=O) groups excluding carboxylic acids is 1. The van der Waals surface area contributed by atoms with Crippen molar-refractivity contribution in [2.75, 3.05) is 7.11 Å². The van der Waals surface area contributed by atoms with Gasteiger partial charge >= 0.3 is 5.97 Å². The Hall–Kier alpha value is -1.84. The minimum atomic E-state index is -3.83. The van der Waals surface area contributed by atoms with Gasteiger partial charge in [-0.2, -0.15) is 0 Å². The molecule has 1 atom stereocenters. The average molecular weight is 295 g/mol. The summed E-state index contributed by atoms with van der Waals surface area (Å²) in [7, 11) is -2.63. The van der Waals surface area contributed by atoms with Crippen LogP contribution >= 0.6 is 0 Å². The number of hydrogen-bond acceptors (Lipinski definition) is 4. The van der Waals surface area contributed by atoms with Gasteiger partial charge in [-0.05, 0) is 18.6 Å². The Morgan fingerprint density at radius 3 is 2.65 bits per heavy atom. The van der Waals surface area contributed by atoms with Gasteiger partial charge in [0.1, 0.15) is 0 Å². The molecule has 20 heavy (non-hydrogen) atoms. The SMILES string of the molecule is C#CCC(CC)NS(=O)(=O)c1ccccc1C(=O)OC. The van der Waals surface area contributed by atoms with Crippen molar-refractivity contribution < 1.29 is 17.9 Å². The molecule has 108 valence electrons. The zero-order chi connectivity index (χ0) is 15.2. The van der Waals surface area contributed by atoms with Crippen LogP contribution in [0.1, 0.15) is 30.1 Å². The second-order valence-corrected chi connectivity index (χ2v) is 5.80. The van der Waals surface area contributed by atoms with Gasteiger partial charge in [0.2, 0.25) is 10.0 Å². The zero-order valence-electron chi connectivity index (χ0n) is 11.4. The van der Waals surface area contributed by atoms with Crippen LogP contribution in [0.15, 0.2) is 29.2 Å². The minimum absolute atomic E-state index is 0.00180. The second kappa shape index (κ2) is 7.08. The van der Waals surface area contributed by atoms with Crippen molar-refractivity contribution in [1.82, 2.24) is 4.72 Å². The van der Waals surface area contributed by atoms with E-state index < -0.39 is 16.0 Å². The lowest BCUT2D eigenvalue weighted by Gasteiger charge is -2.16. The number of benzene rings is 1. The lowest BCUT2D eigenvalue weighted by atomic mass is 10.2. The molecular weight excluding hydrogens is 278 g/mol. The molecule has 1 unspecified atom stereocenters. The Kier molecular flexibility index (Phi) is 5.74. The lowest BCUT2D eigenvalue weighted by molar-refractivity contribution is 0.0596. The highest BCUT2D eigenvalue weighted by Gasteiger charge is 2.24. The molecule has 0 spiro atoms. The van der Waals surface area contributed by atoms with Crippen LogP contribution in [0.4, 0.5) is 0 Å². The predicted octanol–water partition coefficient (Wildman–Crippen LogP) is 1.55. The van der Waals surface area contributed by atoms with E-state index in [2.05, 4.69) is 15.4 Å². The molecule has 0 aliphatic heterocycles. The Morgan fingerprint density at radius 1 is 1.45 bits per heavy atom. The van der Waals surface area contributed by atoms with Gasteiger partial charge in [0, 0.05) is 12.5 Å². The van der Waals surface area contributed by atoms with Crippen molar-refractivity contribution in [3.63, 3.8) is 0 Å². The van der Waals surface area contributed by atoms with Gasteiger partial charge in [-0.1, -0.05) is 19.1 Å². The number of carbonyl (C=O) groups is 1. The van der Waals surface area contributed by atoms with Gasteiger partial charge in [-0.15, -0.1) is 12.3 Å². The van der Waals surface area contributed by atoms with E-state index in [1.54, 1.807) is 12.1 Å². The molecule has 0 amide bonds. The number of sulfonamides is 1. The largest absolute Gasteiger partial charge is 0.465 e. The maximum atomic E-state index is 12.3. The fourth-order valence-electron chi connectivity index (χ4n) is 1.67. The van der Waals surface area contributed by atoms with E-state index in [-0.39, 0.29) is 22.9 Å². The van der Waals surface area contributed by atoms with E-state index in [0.29, 0.717) is 6.42 Å². The molecule has 0 aliphatic rings. The molecule has 0 bridgehead atoms. The van der Waals surface area contributed by atoms with Crippen molar-refractivity contribution in [1.29, 1.82) is 0 Å². The van der Waals surface area contributed by atoms with Gasteiger partial charge in [0.15, 0.2) is 0 Å². The molecule has 1 aromatic rings. The van der Waals surface area contributed by atoms with Gasteiger partial charge in [-0.3, -0.25) is 0 Å². The highest BCUT2D eigenvalue weighted by molar-refractivity contribution is 7.89. The quantitative estimate of drug-likeness (QED) is 0.638. The Bertz CT molecular complexity index is 616. The van der Waals surface area contributed by atoms with Crippen LogP contribution in [0.3, 0.4) is 0 Å². The Balaban J connectivity index is 3.16. The molecule has 0 saturated heterocycles. The summed E-state index contributed by atoms with van der Waals surface area (Å²) in [6.45, 7) is 1.83. The molecule has 0 fully saturated rings. The maximum Gasteiger partial charge on any atom is 0.339 e. The van der Waals surface area contributed by atoms with Gasteiger partial charge in [0.05, 0.1) is 17.6 Å². The van der Waals surface area contributed by atoms with Crippen molar-refractivity contribution in [2.45, 2.75) is 30.7 Å². The number of terminal acetylenes is 1. The third-order valence-electron chi connectivity index (χ3n) is 2.76. The number of methoxy groups -OCH3 is 1. The van der Waals surface area contributed by atoms with E-state index in [0.717, 1.165) is 0 Å². The molecule has 5 nitrogen and oxygen atoms in total. The fraction of sp³-hybridized carbons (Fsp3) is 0.357. The predicted molar refractivity (Wildman–Crippen MR) is 75.6 cm³/mol. The molecule has 0 saturated carbocycles. The third kappa shape index (κ3) is 3.83. The summed E-state index contributed by atoms with van der Waals surface area (Å²) in [5.74, 6) is 1.72. The summed E-state index contributed by atoms with van der Waals surface area (Å²) < 4.78 is 31.7. The summed E-state index contributed by atoms with van der Waals surface area (Å²) in [6, 6.07) is 5.52. The average Bonchev–Trinajstić information content (AvgIpc) is 2.45. The molecule has 0 radical (unpaired) electrons. The van der Waals surface area contributed by atoms with Crippen molar-refractivity contribution in [3.05, 3.63) is 29.8 Å². The van der Waals surface area contributed by atoms with E-state index in [1.165, 1.54) is 19.2 Å². The summed E-state index contributed by atoms with van der Waals surface area (Å²) in [5, 5.41) is 0. The summed E-state index contributed by atoms with van der Waals surface area (Å²) in [5.41, 5.74) is -0.00180. The molecule has 6 heteroatoms. The Labute approximate surface area is 119 Å². The number of esters is 1. The van der Waals surface area contributed by atoms with Crippen LogP contribution in [0.5, 0.6) is 0 Å². The highest BCUT2D eigenvalue weighted by atomic mass is 32.2. The Morgan fingerprint density at radius 2 is 2.10 bits per heavy atom. The van der Waals surface area contributed by atoms with Crippen molar-refractivity contribution >= 4 is 16.0 Å². The second-order valence-electron chi connectivity index (χ2n) is 4.12. The fourth-order valence-corrected chi connectivity index (χ4v) is 3.19. The van der Waals surface area contributed by atoms with Gasteiger partial charge in [-0.25, -0.2) is 17.9 Å². The van der Waals surface area contributed by atoms with Gasteiger partial charge < -0.3 is 4.74 Å². The van der Waals surface area contributed by atoms with Crippen LogP contribution < -0.4 is 4.72 Å². The highest BCUT2D eigenvalue weighted by Crippen LogP contribution is 2.17. The van der Waals surface area contributed by atoms with E-state index in [9.17, 15) is 13.2 Å². The summed E-state index contributed by atoms with van der Waals surface area (Å²) in [6.07, 6.45) is 6.05. The first kappa shape index (κ1) is 16.2. The topological polar surface area (TPSA) is 72.5 Å². The molecule has 1 aromatic carbocycles. The smallest absolute Gasteiger partial charge is 0.339 e. The van der Waals surface area contributed by atoms with Crippen LogP contribution in [-0.2, 0) is 14.8 Å². The maximum absolute atomic E-state index is 12.3. The van der Waals surface area contributed by atoms with Crippen LogP contribution in [0.25, 0.3) is 0 Å². The monoisotopic (exact) mass is 295 g/mol. The number of hydrogen-bond donors (Lipinski definition) is 1. The van der Waals surface area contributed by atoms with Crippen LogP contribution in [0.2, 0.25) is 0 Å². The number of rotatable bonds is 6. The third-order valence-corrected chi connectivity index (χ3v) is 4.34. The number of ether oxygens (including phenoxy) is 1. The normalized spacial score (nSPS) is 12.4. The first-order valence-electron chi connectivity index (χ1n) is 6.09. The minimum Gasteiger partial charge on any atom is -0.465 e. The van der Waals surface area contributed by atoms with Crippen LogP contribution in [-0.4, -0.2) is 27.5 Å². The molecule has 1 N–H and O–H groups in total. The van der Waals surface area contributed by atoms with Crippen molar-refractivity contribution in [2.24, 2.45) is 0 Å². The molecular formula is C14H17NO4S. The van der Waals surface area contributed by atoms with E-state index >= 15 is 0 Å². The van der Waals surface area contributed by atoms with Crippen molar-refractivity contribution in [3.8, 4) is 12.3 Å². The van der Waals surface area contributed by atoms with E-state index in [4.69, 9.17) is 6.42 Å². The first-order valence-corrected chi connectivity index (χ1v) is 7.57. The molecule has 0 heterocycles. The molecule has 0 aliphatic carbocycles. The van der Waals surface area contributed by atoms with Crippen LogP contribution in [0, 0.1) is 12.3 Å². The molecule has 0 aromatic heterocycles.